The van der Waals surface area contributed by atoms with Gasteiger partial charge in [0, 0.05) is 0 Å². The van der Waals surface area contributed by atoms with Gasteiger partial charge in [-0.3, -0.25) is 0 Å². The normalized spacial score (nSPS) is 18.8. The Bertz CT molecular complexity index is 168. The Morgan fingerprint density at radius 2 is 2.45 bits per heavy atom. The van der Waals surface area contributed by atoms with Crippen LogP contribution in [-0.2, 0) is 0 Å². The SMILES string of the molecule is C=C(CC)C1=CCCNCC1. The van der Waals surface area contributed by atoms with Gasteiger partial charge in [-0.1, -0.05) is 25.2 Å². The molecule has 0 fully saturated rings. The van der Waals surface area contributed by atoms with Crippen molar-refractivity contribution in [3.63, 3.8) is 0 Å². The Morgan fingerprint density at radius 3 is 3.18 bits per heavy atom. The van der Waals surface area contributed by atoms with E-state index in [0.717, 1.165) is 32.4 Å². The maximum absolute atomic E-state index is 4.04. The highest BCUT2D eigenvalue weighted by Crippen LogP contribution is 2.16. The van der Waals surface area contributed by atoms with E-state index in [1.54, 1.807) is 0 Å². The first-order valence-electron chi connectivity index (χ1n) is 4.42. The molecule has 1 heterocycles. The summed E-state index contributed by atoms with van der Waals surface area (Å²) in [5.74, 6) is 0. The third-order valence-corrected chi connectivity index (χ3v) is 2.16. The van der Waals surface area contributed by atoms with E-state index < -0.39 is 0 Å². The van der Waals surface area contributed by atoms with Gasteiger partial charge in [-0.15, -0.1) is 0 Å². The summed E-state index contributed by atoms with van der Waals surface area (Å²) < 4.78 is 0. The zero-order valence-corrected chi connectivity index (χ0v) is 7.32. The predicted molar refractivity (Wildman–Crippen MR) is 49.6 cm³/mol. The monoisotopic (exact) mass is 151 g/mol. The fourth-order valence-electron chi connectivity index (χ4n) is 1.35. The molecule has 0 aromatic carbocycles. The highest BCUT2D eigenvalue weighted by molar-refractivity contribution is 5.28. The van der Waals surface area contributed by atoms with E-state index >= 15 is 0 Å². The largest absolute Gasteiger partial charge is 0.316 e. The Balaban J connectivity index is 2.53. The molecule has 1 heteroatoms. The summed E-state index contributed by atoms with van der Waals surface area (Å²) in [7, 11) is 0. The molecule has 1 rings (SSSR count). The summed E-state index contributed by atoms with van der Waals surface area (Å²) in [5, 5.41) is 3.36. The molecular formula is C10H17N. The minimum absolute atomic E-state index is 1.09. The molecule has 1 aliphatic heterocycles. The quantitative estimate of drug-likeness (QED) is 0.638. The van der Waals surface area contributed by atoms with E-state index in [2.05, 4.69) is 24.9 Å². The number of allylic oxidation sites excluding steroid dienone is 1. The molecule has 62 valence electrons. The van der Waals surface area contributed by atoms with Crippen molar-refractivity contribution in [2.75, 3.05) is 13.1 Å². The van der Waals surface area contributed by atoms with Crippen LogP contribution in [0.25, 0.3) is 0 Å². The molecule has 1 nitrogen and oxygen atoms in total. The van der Waals surface area contributed by atoms with Crippen LogP contribution in [0.5, 0.6) is 0 Å². The lowest BCUT2D eigenvalue weighted by Crippen LogP contribution is -2.14. The Labute approximate surface area is 69.2 Å². The third kappa shape index (κ3) is 2.51. The Morgan fingerprint density at radius 1 is 1.64 bits per heavy atom. The van der Waals surface area contributed by atoms with Crippen molar-refractivity contribution in [3.8, 4) is 0 Å². The highest BCUT2D eigenvalue weighted by atomic mass is 14.8. The number of hydrogen-bond donors (Lipinski definition) is 1. The van der Waals surface area contributed by atoms with Crippen LogP contribution in [0.4, 0.5) is 0 Å². The summed E-state index contributed by atoms with van der Waals surface area (Å²) in [6.07, 6.45) is 5.73. The van der Waals surface area contributed by atoms with Crippen LogP contribution < -0.4 is 5.32 Å². The first-order valence-corrected chi connectivity index (χ1v) is 4.42. The molecule has 0 amide bonds. The topological polar surface area (TPSA) is 12.0 Å². The van der Waals surface area contributed by atoms with Crippen molar-refractivity contribution >= 4 is 0 Å². The van der Waals surface area contributed by atoms with Crippen LogP contribution in [0.2, 0.25) is 0 Å². The van der Waals surface area contributed by atoms with Gasteiger partial charge in [-0.05, 0) is 37.9 Å². The van der Waals surface area contributed by atoms with E-state index in [9.17, 15) is 0 Å². The van der Waals surface area contributed by atoms with Crippen molar-refractivity contribution < 1.29 is 0 Å². The van der Waals surface area contributed by atoms with Gasteiger partial charge in [0.2, 0.25) is 0 Å². The average molecular weight is 151 g/mol. The molecule has 0 aromatic heterocycles. The van der Waals surface area contributed by atoms with Gasteiger partial charge in [0.25, 0.3) is 0 Å². The molecule has 0 unspecified atom stereocenters. The molecular weight excluding hydrogens is 134 g/mol. The molecule has 11 heavy (non-hydrogen) atoms. The second-order valence-corrected chi connectivity index (χ2v) is 2.98. The zero-order valence-electron chi connectivity index (χ0n) is 7.32. The van der Waals surface area contributed by atoms with E-state index in [-0.39, 0.29) is 0 Å². The van der Waals surface area contributed by atoms with Crippen molar-refractivity contribution in [3.05, 3.63) is 23.8 Å². The van der Waals surface area contributed by atoms with Gasteiger partial charge in [0.1, 0.15) is 0 Å². The molecule has 0 aliphatic carbocycles. The fourth-order valence-corrected chi connectivity index (χ4v) is 1.35. The summed E-state index contributed by atoms with van der Waals surface area (Å²) in [6, 6.07) is 0. The molecule has 0 atom stereocenters. The van der Waals surface area contributed by atoms with E-state index in [1.165, 1.54) is 11.1 Å². The van der Waals surface area contributed by atoms with Gasteiger partial charge in [-0.2, -0.15) is 0 Å². The van der Waals surface area contributed by atoms with Gasteiger partial charge in [-0.25, -0.2) is 0 Å². The minimum Gasteiger partial charge on any atom is -0.316 e. The van der Waals surface area contributed by atoms with E-state index in [1.807, 2.05) is 0 Å². The smallest absolute Gasteiger partial charge is 0.000824 e. The van der Waals surface area contributed by atoms with Crippen LogP contribution in [-0.4, -0.2) is 13.1 Å². The minimum atomic E-state index is 1.09. The van der Waals surface area contributed by atoms with E-state index in [0.29, 0.717) is 0 Å². The second-order valence-electron chi connectivity index (χ2n) is 2.98. The number of rotatable bonds is 2. The first-order chi connectivity index (χ1) is 5.34. The predicted octanol–water partition coefficient (Wildman–Crippen LogP) is 2.26. The Hall–Kier alpha value is -0.560. The van der Waals surface area contributed by atoms with Gasteiger partial charge < -0.3 is 5.32 Å². The molecule has 1 N–H and O–H groups in total. The van der Waals surface area contributed by atoms with Crippen LogP contribution >= 0.6 is 0 Å². The molecule has 0 aromatic rings. The molecule has 0 saturated carbocycles. The molecule has 0 bridgehead atoms. The molecule has 0 saturated heterocycles. The molecule has 0 spiro atoms. The number of nitrogens with one attached hydrogen (secondary N) is 1. The average Bonchev–Trinajstić information content (AvgIpc) is 2.30. The van der Waals surface area contributed by atoms with Crippen LogP contribution in [0, 0.1) is 0 Å². The van der Waals surface area contributed by atoms with Crippen molar-refractivity contribution in [2.45, 2.75) is 26.2 Å². The van der Waals surface area contributed by atoms with Crippen molar-refractivity contribution in [1.29, 1.82) is 0 Å². The third-order valence-electron chi connectivity index (χ3n) is 2.16. The van der Waals surface area contributed by atoms with E-state index in [4.69, 9.17) is 0 Å². The van der Waals surface area contributed by atoms with Crippen LogP contribution in [0.1, 0.15) is 26.2 Å². The van der Waals surface area contributed by atoms with Gasteiger partial charge >= 0.3 is 0 Å². The lowest BCUT2D eigenvalue weighted by Gasteiger charge is -2.05. The maximum Gasteiger partial charge on any atom is -0.000824 e. The second kappa shape index (κ2) is 4.35. The summed E-state index contributed by atoms with van der Waals surface area (Å²) in [4.78, 5) is 0. The summed E-state index contributed by atoms with van der Waals surface area (Å²) >= 11 is 0. The lowest BCUT2D eigenvalue weighted by atomic mass is 10.0. The summed E-state index contributed by atoms with van der Waals surface area (Å²) in [5.41, 5.74) is 2.78. The standard InChI is InChI=1S/C10H17N/c1-3-9(2)10-5-4-7-11-8-6-10/h5,11H,2-4,6-8H2,1H3. The zero-order chi connectivity index (χ0) is 8.10. The molecule has 0 radical (unpaired) electrons. The van der Waals surface area contributed by atoms with Crippen molar-refractivity contribution in [1.82, 2.24) is 5.32 Å². The summed E-state index contributed by atoms with van der Waals surface area (Å²) in [6.45, 7) is 8.45. The number of hydrogen-bond acceptors (Lipinski definition) is 1. The maximum atomic E-state index is 4.04. The van der Waals surface area contributed by atoms with Crippen LogP contribution in [0.15, 0.2) is 23.8 Å². The van der Waals surface area contributed by atoms with Gasteiger partial charge in [0.05, 0.1) is 0 Å². The van der Waals surface area contributed by atoms with Crippen LogP contribution in [0.3, 0.4) is 0 Å². The first kappa shape index (κ1) is 8.54. The highest BCUT2D eigenvalue weighted by Gasteiger charge is 2.03. The Kier molecular flexibility index (Phi) is 3.37. The fraction of sp³-hybridized carbons (Fsp3) is 0.600. The lowest BCUT2D eigenvalue weighted by molar-refractivity contribution is 0.710. The van der Waals surface area contributed by atoms with Crippen molar-refractivity contribution in [2.24, 2.45) is 0 Å². The van der Waals surface area contributed by atoms with Gasteiger partial charge in [0.15, 0.2) is 0 Å². The molecule has 1 aliphatic rings.